The summed E-state index contributed by atoms with van der Waals surface area (Å²) in [6.07, 6.45) is 1.11. The van der Waals surface area contributed by atoms with Crippen molar-refractivity contribution in [3.63, 3.8) is 0 Å². The van der Waals surface area contributed by atoms with E-state index in [-0.39, 0.29) is 11.8 Å². The Balaban J connectivity index is 2.69. The highest BCUT2D eigenvalue weighted by molar-refractivity contribution is 5.85. The van der Waals surface area contributed by atoms with Crippen molar-refractivity contribution in [1.29, 1.82) is 0 Å². The number of hydrogen-bond donors (Lipinski definition) is 0. The highest BCUT2D eigenvalue weighted by atomic mass is 19.1. The molecule has 0 unspecified atom stereocenters. The molecule has 0 aliphatic rings. The van der Waals surface area contributed by atoms with Crippen LogP contribution >= 0.6 is 0 Å². The van der Waals surface area contributed by atoms with E-state index in [4.69, 9.17) is 4.74 Å². The maximum Gasteiger partial charge on any atom is 0.319 e. The second-order valence-corrected chi connectivity index (χ2v) is 5.11. The van der Waals surface area contributed by atoms with Crippen LogP contribution in [0.25, 0.3) is 11.0 Å². The Morgan fingerprint density at radius 2 is 2.00 bits per heavy atom. The van der Waals surface area contributed by atoms with Gasteiger partial charge in [0.1, 0.15) is 16.8 Å². The van der Waals surface area contributed by atoms with Gasteiger partial charge in [-0.1, -0.05) is 19.9 Å². The molecule has 0 fully saturated rings. The molecule has 0 saturated heterocycles. The van der Waals surface area contributed by atoms with Crippen molar-refractivity contribution in [2.24, 2.45) is 7.05 Å². The summed E-state index contributed by atoms with van der Waals surface area (Å²) in [5.74, 6) is -0.112. The normalized spacial score (nSPS) is 11.9. The minimum absolute atomic E-state index is 0.297. The summed E-state index contributed by atoms with van der Waals surface area (Å²) in [7, 11) is 1.81. The lowest BCUT2D eigenvalue weighted by atomic mass is 9.81. The van der Waals surface area contributed by atoms with Crippen molar-refractivity contribution in [2.75, 3.05) is 6.61 Å². The Morgan fingerprint density at radius 1 is 1.33 bits per heavy atom. The zero-order chi connectivity index (χ0) is 15.6. The van der Waals surface area contributed by atoms with Crippen LogP contribution < -0.4 is 0 Å². The lowest BCUT2D eigenvalue weighted by molar-refractivity contribution is -0.151. The SMILES string of the molecule is CCOC(=O)C(CC)(CC)c1nc2c(F)cccc2n1C. The largest absolute Gasteiger partial charge is 0.465 e. The number of benzene rings is 1. The van der Waals surface area contributed by atoms with Crippen molar-refractivity contribution in [3.8, 4) is 0 Å². The zero-order valence-corrected chi connectivity index (χ0v) is 12.9. The highest BCUT2D eigenvalue weighted by Crippen LogP contribution is 2.34. The van der Waals surface area contributed by atoms with Crippen LogP contribution in [0.5, 0.6) is 0 Å². The maximum atomic E-state index is 13.9. The molecule has 0 radical (unpaired) electrons. The van der Waals surface area contributed by atoms with Gasteiger partial charge in [0.25, 0.3) is 0 Å². The van der Waals surface area contributed by atoms with E-state index in [1.54, 1.807) is 23.6 Å². The van der Waals surface area contributed by atoms with Gasteiger partial charge in [0.05, 0.1) is 12.1 Å². The summed E-state index contributed by atoms with van der Waals surface area (Å²) in [4.78, 5) is 16.9. The van der Waals surface area contributed by atoms with Crippen LogP contribution in [0.2, 0.25) is 0 Å². The minimum Gasteiger partial charge on any atom is -0.465 e. The number of para-hydroxylation sites is 1. The lowest BCUT2D eigenvalue weighted by Crippen LogP contribution is -2.38. The Kier molecular flexibility index (Phi) is 4.30. The van der Waals surface area contributed by atoms with Crippen molar-refractivity contribution in [2.45, 2.75) is 39.0 Å². The van der Waals surface area contributed by atoms with Gasteiger partial charge in [-0.05, 0) is 31.9 Å². The van der Waals surface area contributed by atoms with Gasteiger partial charge in [0, 0.05) is 7.05 Å². The second kappa shape index (κ2) is 5.84. The van der Waals surface area contributed by atoms with E-state index in [0.29, 0.717) is 36.3 Å². The Hall–Kier alpha value is -1.91. The van der Waals surface area contributed by atoms with E-state index in [1.807, 2.05) is 20.9 Å². The summed E-state index contributed by atoms with van der Waals surface area (Å²) in [5.41, 5.74) is 0.141. The summed E-state index contributed by atoms with van der Waals surface area (Å²) in [6.45, 7) is 5.95. The molecule has 0 aliphatic heterocycles. The molecule has 1 aromatic heterocycles. The van der Waals surface area contributed by atoms with E-state index in [1.165, 1.54) is 6.07 Å². The number of hydrogen-bond acceptors (Lipinski definition) is 3. The van der Waals surface area contributed by atoms with E-state index >= 15 is 0 Å². The van der Waals surface area contributed by atoms with Gasteiger partial charge in [-0.25, -0.2) is 9.37 Å². The molecule has 1 aromatic carbocycles. The fourth-order valence-corrected chi connectivity index (χ4v) is 2.82. The van der Waals surface area contributed by atoms with Gasteiger partial charge >= 0.3 is 5.97 Å². The molecule has 1 heterocycles. The molecule has 0 N–H and O–H groups in total. The summed E-state index contributed by atoms with van der Waals surface area (Å²) in [5, 5.41) is 0. The Bertz CT molecular complexity index is 660. The van der Waals surface area contributed by atoms with E-state index in [9.17, 15) is 9.18 Å². The van der Waals surface area contributed by atoms with Crippen LogP contribution in [0, 0.1) is 5.82 Å². The number of halogens is 1. The van der Waals surface area contributed by atoms with Gasteiger partial charge in [-0.15, -0.1) is 0 Å². The molecule has 114 valence electrons. The first-order chi connectivity index (χ1) is 10.0. The third kappa shape index (κ3) is 2.30. The standard InChI is InChI=1S/C16H21FN2O2/c1-5-16(6-2,15(20)21-7-3)14-18-13-11(17)9-8-10-12(13)19(14)4/h8-10H,5-7H2,1-4H3. The summed E-state index contributed by atoms with van der Waals surface area (Å²) < 4.78 is 21.0. The topological polar surface area (TPSA) is 44.1 Å². The molecule has 0 saturated carbocycles. The van der Waals surface area contributed by atoms with Crippen LogP contribution in [0.3, 0.4) is 0 Å². The van der Waals surface area contributed by atoms with Crippen molar-refractivity contribution in [1.82, 2.24) is 9.55 Å². The van der Waals surface area contributed by atoms with E-state index < -0.39 is 5.41 Å². The maximum absolute atomic E-state index is 13.9. The van der Waals surface area contributed by atoms with Crippen molar-refractivity contribution >= 4 is 17.0 Å². The zero-order valence-electron chi connectivity index (χ0n) is 12.9. The second-order valence-electron chi connectivity index (χ2n) is 5.11. The smallest absolute Gasteiger partial charge is 0.319 e. The number of carbonyl (C=O) groups is 1. The van der Waals surface area contributed by atoms with Gasteiger partial charge in [0.15, 0.2) is 5.82 Å². The number of rotatable bonds is 5. The number of fused-ring (bicyclic) bond motifs is 1. The molecule has 0 amide bonds. The Morgan fingerprint density at radius 3 is 2.52 bits per heavy atom. The molecule has 0 bridgehead atoms. The summed E-state index contributed by atoms with van der Waals surface area (Å²) >= 11 is 0. The van der Waals surface area contributed by atoms with Crippen LogP contribution in [0.15, 0.2) is 18.2 Å². The average Bonchev–Trinajstić information content (AvgIpc) is 2.81. The number of esters is 1. The first-order valence-electron chi connectivity index (χ1n) is 7.30. The number of imidazole rings is 1. The fourth-order valence-electron chi connectivity index (χ4n) is 2.82. The molecule has 21 heavy (non-hydrogen) atoms. The van der Waals surface area contributed by atoms with Crippen LogP contribution in [0.4, 0.5) is 4.39 Å². The van der Waals surface area contributed by atoms with Gasteiger partial charge in [-0.3, -0.25) is 4.79 Å². The quantitative estimate of drug-likeness (QED) is 0.794. The van der Waals surface area contributed by atoms with Gasteiger partial charge in [-0.2, -0.15) is 0 Å². The van der Waals surface area contributed by atoms with E-state index in [0.717, 1.165) is 0 Å². The molecule has 0 spiro atoms. The fraction of sp³-hybridized carbons (Fsp3) is 0.500. The highest BCUT2D eigenvalue weighted by Gasteiger charge is 2.42. The molecular formula is C16H21FN2O2. The minimum atomic E-state index is -0.837. The average molecular weight is 292 g/mol. The predicted molar refractivity (Wildman–Crippen MR) is 79.6 cm³/mol. The number of ether oxygens (including phenoxy) is 1. The first kappa shape index (κ1) is 15.5. The molecule has 0 aliphatic carbocycles. The first-order valence-corrected chi connectivity index (χ1v) is 7.30. The molecule has 0 atom stereocenters. The number of aryl methyl sites for hydroxylation is 1. The monoisotopic (exact) mass is 292 g/mol. The molecule has 2 aromatic rings. The summed E-state index contributed by atoms with van der Waals surface area (Å²) in [6, 6.07) is 4.83. The Labute approximate surface area is 123 Å². The van der Waals surface area contributed by atoms with Gasteiger partial charge < -0.3 is 9.30 Å². The number of aromatic nitrogens is 2. The van der Waals surface area contributed by atoms with Crippen molar-refractivity contribution in [3.05, 3.63) is 29.8 Å². The van der Waals surface area contributed by atoms with Crippen LogP contribution in [0.1, 0.15) is 39.4 Å². The number of nitrogens with zero attached hydrogens (tertiary/aromatic N) is 2. The lowest BCUT2D eigenvalue weighted by Gasteiger charge is -2.28. The van der Waals surface area contributed by atoms with Crippen LogP contribution in [-0.2, 0) is 22.0 Å². The molecule has 2 rings (SSSR count). The van der Waals surface area contributed by atoms with Crippen LogP contribution in [-0.4, -0.2) is 22.1 Å². The third-order valence-electron chi connectivity index (χ3n) is 4.16. The predicted octanol–water partition coefficient (Wildman–Crippen LogP) is 3.33. The third-order valence-corrected chi connectivity index (χ3v) is 4.16. The molecule has 5 heteroatoms. The molecular weight excluding hydrogens is 271 g/mol. The van der Waals surface area contributed by atoms with Gasteiger partial charge in [0.2, 0.25) is 0 Å². The molecule has 4 nitrogen and oxygen atoms in total. The van der Waals surface area contributed by atoms with E-state index in [2.05, 4.69) is 4.98 Å². The van der Waals surface area contributed by atoms with Crippen molar-refractivity contribution < 1.29 is 13.9 Å². The number of carbonyl (C=O) groups excluding carboxylic acids is 1.